The van der Waals surface area contributed by atoms with Crippen LogP contribution in [0.5, 0.6) is 5.75 Å². The molecule has 0 radical (unpaired) electrons. The van der Waals surface area contributed by atoms with Crippen LogP contribution < -0.4 is 10.1 Å². The fraction of sp³-hybridized carbons (Fsp3) is 0.533. The van der Waals surface area contributed by atoms with Crippen LogP contribution in [0.1, 0.15) is 18.9 Å². The minimum Gasteiger partial charge on any atom is -0.495 e. The Morgan fingerprint density at radius 3 is 2.90 bits per heavy atom. The molecule has 0 aromatic heterocycles. The highest BCUT2D eigenvalue weighted by Crippen LogP contribution is 2.26. The van der Waals surface area contributed by atoms with E-state index in [0.717, 1.165) is 12.0 Å². The van der Waals surface area contributed by atoms with E-state index in [0.29, 0.717) is 24.5 Å². The van der Waals surface area contributed by atoms with Crippen molar-refractivity contribution >= 4 is 11.7 Å². The summed E-state index contributed by atoms with van der Waals surface area (Å²) in [6.07, 6.45) is 0.369. The molecule has 1 saturated heterocycles. The van der Waals surface area contributed by atoms with Crippen molar-refractivity contribution in [3.63, 3.8) is 0 Å². The SMILES string of the molecule is COc1ccc(C)cc1NC(=O)N1CCC(C)C(O)C1. The standard InChI is InChI=1S/C15H22N2O3/c1-10-4-5-14(20-3)12(8-10)16-15(19)17-7-6-11(2)13(18)9-17/h4-5,8,11,13,18H,6-7,9H2,1-3H3,(H,16,19). The number of rotatable bonds is 2. The first kappa shape index (κ1) is 14.7. The molecule has 2 atom stereocenters. The van der Waals surface area contributed by atoms with Gasteiger partial charge in [0.1, 0.15) is 5.75 Å². The summed E-state index contributed by atoms with van der Waals surface area (Å²) in [6.45, 7) is 5.00. The number of amides is 2. The molecule has 20 heavy (non-hydrogen) atoms. The second-order valence-electron chi connectivity index (χ2n) is 5.41. The number of hydrogen-bond donors (Lipinski definition) is 2. The monoisotopic (exact) mass is 278 g/mol. The van der Waals surface area contributed by atoms with E-state index in [1.807, 2.05) is 32.0 Å². The molecule has 2 amide bonds. The van der Waals surface area contributed by atoms with Gasteiger partial charge < -0.3 is 20.1 Å². The lowest BCUT2D eigenvalue weighted by molar-refractivity contribution is 0.0463. The van der Waals surface area contributed by atoms with Gasteiger partial charge in [-0.05, 0) is 37.0 Å². The van der Waals surface area contributed by atoms with Gasteiger partial charge in [-0.3, -0.25) is 0 Å². The number of aryl methyl sites for hydroxylation is 1. The molecule has 1 aliphatic heterocycles. The highest BCUT2D eigenvalue weighted by molar-refractivity contribution is 5.91. The predicted molar refractivity (Wildman–Crippen MR) is 78.1 cm³/mol. The minimum absolute atomic E-state index is 0.195. The quantitative estimate of drug-likeness (QED) is 0.872. The molecule has 1 aromatic rings. The lowest BCUT2D eigenvalue weighted by Gasteiger charge is -2.34. The van der Waals surface area contributed by atoms with E-state index in [-0.39, 0.29) is 11.9 Å². The number of anilines is 1. The van der Waals surface area contributed by atoms with Gasteiger partial charge in [0.25, 0.3) is 0 Å². The number of ether oxygens (including phenoxy) is 1. The Kier molecular flexibility index (Phi) is 4.49. The van der Waals surface area contributed by atoms with Gasteiger partial charge in [0.2, 0.25) is 0 Å². The van der Waals surface area contributed by atoms with Crippen molar-refractivity contribution in [3.8, 4) is 5.75 Å². The third kappa shape index (κ3) is 3.22. The van der Waals surface area contributed by atoms with E-state index in [9.17, 15) is 9.90 Å². The number of aliphatic hydroxyl groups is 1. The van der Waals surface area contributed by atoms with Crippen LogP contribution in [-0.2, 0) is 0 Å². The maximum atomic E-state index is 12.2. The van der Waals surface area contributed by atoms with E-state index in [1.54, 1.807) is 12.0 Å². The number of hydrogen-bond acceptors (Lipinski definition) is 3. The van der Waals surface area contributed by atoms with Gasteiger partial charge in [-0.1, -0.05) is 13.0 Å². The van der Waals surface area contributed by atoms with E-state index in [1.165, 1.54) is 0 Å². The molecule has 0 spiro atoms. The van der Waals surface area contributed by atoms with E-state index in [2.05, 4.69) is 5.32 Å². The number of urea groups is 1. The largest absolute Gasteiger partial charge is 0.495 e. The summed E-state index contributed by atoms with van der Waals surface area (Å²) >= 11 is 0. The maximum absolute atomic E-state index is 12.2. The second-order valence-corrected chi connectivity index (χ2v) is 5.41. The van der Waals surface area contributed by atoms with Crippen LogP contribution in [0, 0.1) is 12.8 Å². The Hall–Kier alpha value is -1.75. The van der Waals surface area contributed by atoms with Crippen molar-refractivity contribution in [2.24, 2.45) is 5.92 Å². The molecule has 0 aliphatic carbocycles. The van der Waals surface area contributed by atoms with Crippen LogP contribution in [0.4, 0.5) is 10.5 Å². The van der Waals surface area contributed by atoms with E-state index in [4.69, 9.17) is 4.74 Å². The van der Waals surface area contributed by atoms with Crippen molar-refractivity contribution in [3.05, 3.63) is 23.8 Å². The zero-order valence-electron chi connectivity index (χ0n) is 12.2. The predicted octanol–water partition coefficient (Wildman–Crippen LogP) is 2.24. The number of nitrogens with zero attached hydrogens (tertiary/aromatic N) is 1. The van der Waals surface area contributed by atoms with Gasteiger partial charge in [0, 0.05) is 13.1 Å². The molecule has 1 aliphatic rings. The first-order valence-electron chi connectivity index (χ1n) is 6.90. The lowest BCUT2D eigenvalue weighted by Crippen LogP contribution is -2.47. The molecule has 1 fully saturated rings. The van der Waals surface area contributed by atoms with Crippen LogP contribution in [0.15, 0.2) is 18.2 Å². The Balaban J connectivity index is 2.06. The van der Waals surface area contributed by atoms with Gasteiger partial charge in [0.15, 0.2) is 0 Å². The second kappa shape index (κ2) is 6.13. The topological polar surface area (TPSA) is 61.8 Å². The van der Waals surface area contributed by atoms with Crippen LogP contribution in [0.25, 0.3) is 0 Å². The first-order chi connectivity index (χ1) is 9.51. The van der Waals surface area contributed by atoms with Crippen molar-refractivity contribution < 1.29 is 14.6 Å². The molecule has 2 N–H and O–H groups in total. The fourth-order valence-corrected chi connectivity index (χ4v) is 2.35. The van der Waals surface area contributed by atoms with Crippen molar-refractivity contribution in [2.75, 3.05) is 25.5 Å². The number of likely N-dealkylation sites (tertiary alicyclic amines) is 1. The minimum atomic E-state index is -0.450. The molecule has 1 aromatic carbocycles. The van der Waals surface area contributed by atoms with Crippen LogP contribution in [0.3, 0.4) is 0 Å². The Labute approximate surface area is 119 Å². The number of benzene rings is 1. The van der Waals surface area contributed by atoms with Gasteiger partial charge in [-0.15, -0.1) is 0 Å². The number of aliphatic hydroxyl groups excluding tert-OH is 1. The molecule has 2 rings (SSSR count). The van der Waals surface area contributed by atoms with Gasteiger partial charge in [0.05, 0.1) is 18.9 Å². The molecule has 5 heteroatoms. The Morgan fingerprint density at radius 2 is 2.25 bits per heavy atom. The number of carbonyl (C=O) groups excluding carboxylic acids is 1. The number of nitrogens with one attached hydrogen (secondary N) is 1. The normalized spacial score (nSPS) is 22.5. The van der Waals surface area contributed by atoms with E-state index >= 15 is 0 Å². The summed E-state index contributed by atoms with van der Waals surface area (Å²) in [5, 5.41) is 12.7. The summed E-state index contributed by atoms with van der Waals surface area (Å²) in [7, 11) is 1.58. The molecule has 2 unspecified atom stereocenters. The third-order valence-corrected chi connectivity index (χ3v) is 3.80. The number of β-amino-alcohol motifs (C(OH)–C–C–N with tert-alkyl or cyclic N) is 1. The summed E-state index contributed by atoms with van der Waals surface area (Å²) in [5.41, 5.74) is 1.71. The van der Waals surface area contributed by atoms with E-state index < -0.39 is 6.10 Å². The zero-order chi connectivity index (χ0) is 14.7. The van der Waals surface area contributed by atoms with Gasteiger partial charge in [-0.25, -0.2) is 4.79 Å². The molecular formula is C15H22N2O3. The lowest BCUT2D eigenvalue weighted by atomic mass is 9.96. The highest BCUT2D eigenvalue weighted by atomic mass is 16.5. The molecule has 0 saturated carbocycles. The molecule has 0 bridgehead atoms. The van der Waals surface area contributed by atoms with Crippen molar-refractivity contribution in [2.45, 2.75) is 26.4 Å². The van der Waals surface area contributed by atoms with Gasteiger partial charge in [-0.2, -0.15) is 0 Å². The Bertz CT molecular complexity index is 490. The maximum Gasteiger partial charge on any atom is 0.322 e. The molecule has 1 heterocycles. The summed E-state index contributed by atoms with van der Waals surface area (Å²) in [5.74, 6) is 0.877. The fourth-order valence-electron chi connectivity index (χ4n) is 2.35. The van der Waals surface area contributed by atoms with Crippen molar-refractivity contribution in [1.82, 2.24) is 4.90 Å². The summed E-state index contributed by atoms with van der Waals surface area (Å²) in [4.78, 5) is 13.9. The van der Waals surface area contributed by atoms with Crippen LogP contribution in [0.2, 0.25) is 0 Å². The molecular weight excluding hydrogens is 256 g/mol. The highest BCUT2D eigenvalue weighted by Gasteiger charge is 2.27. The summed E-state index contributed by atoms with van der Waals surface area (Å²) in [6, 6.07) is 5.44. The first-order valence-corrected chi connectivity index (χ1v) is 6.90. The van der Waals surface area contributed by atoms with Gasteiger partial charge >= 0.3 is 6.03 Å². The number of methoxy groups -OCH3 is 1. The average molecular weight is 278 g/mol. The van der Waals surface area contributed by atoms with Crippen LogP contribution in [-0.4, -0.2) is 42.3 Å². The molecule has 5 nitrogen and oxygen atoms in total. The zero-order valence-corrected chi connectivity index (χ0v) is 12.2. The smallest absolute Gasteiger partial charge is 0.322 e. The summed E-state index contributed by atoms with van der Waals surface area (Å²) < 4.78 is 5.24. The number of carbonyl (C=O) groups is 1. The third-order valence-electron chi connectivity index (χ3n) is 3.80. The molecule has 110 valence electrons. The number of piperidine rings is 1. The average Bonchev–Trinajstić information content (AvgIpc) is 2.42. The van der Waals surface area contributed by atoms with Crippen molar-refractivity contribution in [1.29, 1.82) is 0 Å². The Morgan fingerprint density at radius 1 is 1.50 bits per heavy atom. The van der Waals surface area contributed by atoms with Crippen LogP contribution >= 0.6 is 0 Å².